The normalized spacial score (nSPS) is 13.8. The molecular formula is C5H3NO2S. The molecule has 3 nitrogen and oxygen atoms in total. The van der Waals surface area contributed by atoms with Crippen molar-refractivity contribution in [3.63, 3.8) is 0 Å². The van der Waals surface area contributed by atoms with E-state index < -0.39 is 0 Å². The minimum absolute atomic E-state index is 0.558. The number of hydrogen-bond acceptors (Lipinski definition) is 4. The minimum atomic E-state index is 0.558. The summed E-state index contributed by atoms with van der Waals surface area (Å²) in [4.78, 5) is 0. The fourth-order valence-electron chi connectivity index (χ4n) is 0.569. The van der Waals surface area contributed by atoms with Gasteiger partial charge in [0.05, 0.1) is 5.38 Å². The summed E-state index contributed by atoms with van der Waals surface area (Å²) in [6.45, 7) is 0. The quantitative estimate of drug-likeness (QED) is 0.547. The SMILES string of the molecule is C1=COc2nscc2O1. The maximum absolute atomic E-state index is 5.01. The van der Waals surface area contributed by atoms with E-state index >= 15 is 0 Å². The van der Waals surface area contributed by atoms with E-state index in [2.05, 4.69) is 4.37 Å². The van der Waals surface area contributed by atoms with Gasteiger partial charge in [-0.1, -0.05) is 0 Å². The molecule has 9 heavy (non-hydrogen) atoms. The van der Waals surface area contributed by atoms with Crippen LogP contribution in [0, 0.1) is 0 Å². The Kier molecular flexibility index (Phi) is 0.927. The van der Waals surface area contributed by atoms with Crippen molar-refractivity contribution in [1.82, 2.24) is 4.37 Å². The molecule has 0 saturated heterocycles. The van der Waals surface area contributed by atoms with Crippen LogP contribution in [0.4, 0.5) is 0 Å². The van der Waals surface area contributed by atoms with Gasteiger partial charge in [-0.2, -0.15) is 4.37 Å². The molecule has 2 rings (SSSR count). The fraction of sp³-hybridized carbons (Fsp3) is 0. The second-order valence-corrected chi connectivity index (χ2v) is 2.12. The van der Waals surface area contributed by atoms with Crippen molar-refractivity contribution in [2.75, 3.05) is 0 Å². The highest BCUT2D eigenvalue weighted by atomic mass is 32.1. The monoisotopic (exact) mass is 141 g/mol. The van der Waals surface area contributed by atoms with Crippen LogP contribution >= 0.6 is 11.5 Å². The maximum Gasteiger partial charge on any atom is 0.274 e. The standard InChI is InChI=1S/C5H3NO2S/c1-2-8-5-4(7-1)3-9-6-5/h1-3H. The molecule has 0 N–H and O–H groups in total. The lowest BCUT2D eigenvalue weighted by molar-refractivity contribution is 0.355. The number of rotatable bonds is 0. The van der Waals surface area contributed by atoms with Gasteiger partial charge in [-0.15, -0.1) is 0 Å². The van der Waals surface area contributed by atoms with Gasteiger partial charge in [-0.05, 0) is 11.5 Å². The average Bonchev–Trinajstić information content (AvgIpc) is 2.33. The van der Waals surface area contributed by atoms with E-state index in [4.69, 9.17) is 9.47 Å². The van der Waals surface area contributed by atoms with Crippen molar-refractivity contribution >= 4 is 11.5 Å². The van der Waals surface area contributed by atoms with Crippen molar-refractivity contribution in [2.45, 2.75) is 0 Å². The van der Waals surface area contributed by atoms with Gasteiger partial charge in [0.2, 0.25) is 5.75 Å². The molecule has 1 aromatic heterocycles. The summed E-state index contributed by atoms with van der Waals surface area (Å²) in [6.07, 6.45) is 2.94. The zero-order valence-corrected chi connectivity index (χ0v) is 5.22. The molecule has 1 aromatic rings. The third-order valence-electron chi connectivity index (χ3n) is 0.936. The molecule has 46 valence electrons. The van der Waals surface area contributed by atoms with Crippen molar-refractivity contribution < 1.29 is 9.47 Å². The topological polar surface area (TPSA) is 31.4 Å². The van der Waals surface area contributed by atoms with Crippen LogP contribution in [0.1, 0.15) is 0 Å². The molecule has 4 heteroatoms. The lowest BCUT2D eigenvalue weighted by atomic mass is 10.6. The number of aromatic nitrogens is 1. The van der Waals surface area contributed by atoms with Gasteiger partial charge in [-0.3, -0.25) is 0 Å². The Balaban J connectivity index is 2.46. The lowest BCUT2D eigenvalue weighted by Gasteiger charge is -2.03. The van der Waals surface area contributed by atoms with E-state index in [0.29, 0.717) is 11.6 Å². The Morgan fingerprint density at radius 2 is 2.22 bits per heavy atom. The van der Waals surface area contributed by atoms with Crippen LogP contribution in [0.5, 0.6) is 11.6 Å². The maximum atomic E-state index is 5.01. The fourth-order valence-corrected chi connectivity index (χ4v) is 1.10. The van der Waals surface area contributed by atoms with E-state index in [-0.39, 0.29) is 0 Å². The van der Waals surface area contributed by atoms with Gasteiger partial charge >= 0.3 is 0 Å². The predicted molar refractivity (Wildman–Crippen MR) is 32.5 cm³/mol. The van der Waals surface area contributed by atoms with E-state index in [1.807, 2.05) is 0 Å². The molecule has 0 aliphatic carbocycles. The van der Waals surface area contributed by atoms with Gasteiger partial charge in [0.1, 0.15) is 12.5 Å². The molecule has 0 fully saturated rings. The third kappa shape index (κ3) is 0.675. The number of fused-ring (bicyclic) bond motifs is 1. The highest BCUT2D eigenvalue weighted by Crippen LogP contribution is 2.29. The predicted octanol–water partition coefficient (Wildman–Crippen LogP) is 1.39. The molecular weight excluding hydrogens is 138 g/mol. The first kappa shape index (κ1) is 4.81. The van der Waals surface area contributed by atoms with Crippen molar-refractivity contribution in [2.24, 2.45) is 0 Å². The highest BCUT2D eigenvalue weighted by molar-refractivity contribution is 7.04. The first-order chi connectivity index (χ1) is 4.47. The van der Waals surface area contributed by atoms with E-state index in [0.717, 1.165) is 0 Å². The molecule has 0 atom stereocenters. The Bertz CT molecular complexity index is 220. The molecule has 0 spiro atoms. The third-order valence-corrected chi connectivity index (χ3v) is 1.53. The van der Waals surface area contributed by atoms with Crippen LogP contribution in [-0.2, 0) is 0 Å². The Labute approximate surface area is 55.7 Å². The molecule has 0 amide bonds. The van der Waals surface area contributed by atoms with Crippen LogP contribution < -0.4 is 9.47 Å². The van der Waals surface area contributed by atoms with Crippen LogP contribution in [0.3, 0.4) is 0 Å². The molecule has 0 aromatic carbocycles. The minimum Gasteiger partial charge on any atom is -0.455 e. The molecule has 0 unspecified atom stereocenters. The van der Waals surface area contributed by atoms with Crippen molar-refractivity contribution in [1.29, 1.82) is 0 Å². The Morgan fingerprint density at radius 1 is 1.33 bits per heavy atom. The summed E-state index contributed by atoms with van der Waals surface area (Å²) < 4.78 is 13.9. The molecule has 1 aliphatic rings. The van der Waals surface area contributed by atoms with Crippen molar-refractivity contribution in [3.05, 3.63) is 17.9 Å². The van der Waals surface area contributed by atoms with Gasteiger partial charge in [0.25, 0.3) is 5.88 Å². The summed E-state index contributed by atoms with van der Waals surface area (Å²) >= 11 is 1.32. The summed E-state index contributed by atoms with van der Waals surface area (Å²) in [7, 11) is 0. The second kappa shape index (κ2) is 1.73. The first-order valence-electron chi connectivity index (χ1n) is 2.39. The van der Waals surface area contributed by atoms with Crippen LogP contribution in [0.2, 0.25) is 0 Å². The Hall–Kier alpha value is -1.03. The van der Waals surface area contributed by atoms with E-state index in [9.17, 15) is 0 Å². The van der Waals surface area contributed by atoms with Crippen LogP contribution in [-0.4, -0.2) is 4.37 Å². The summed E-state index contributed by atoms with van der Waals surface area (Å²) in [5.74, 6) is 1.25. The Morgan fingerprint density at radius 3 is 3.11 bits per heavy atom. The lowest BCUT2D eigenvalue weighted by Crippen LogP contribution is -1.93. The first-order valence-corrected chi connectivity index (χ1v) is 3.23. The van der Waals surface area contributed by atoms with Crippen LogP contribution in [0.25, 0.3) is 0 Å². The van der Waals surface area contributed by atoms with Gasteiger partial charge < -0.3 is 9.47 Å². The van der Waals surface area contributed by atoms with Crippen LogP contribution in [0.15, 0.2) is 17.9 Å². The van der Waals surface area contributed by atoms with E-state index in [1.54, 1.807) is 5.38 Å². The molecule has 0 radical (unpaired) electrons. The van der Waals surface area contributed by atoms with E-state index in [1.165, 1.54) is 24.1 Å². The van der Waals surface area contributed by atoms with Gasteiger partial charge in [0, 0.05) is 0 Å². The molecule has 1 aliphatic heterocycles. The molecule has 0 saturated carbocycles. The highest BCUT2D eigenvalue weighted by Gasteiger charge is 2.09. The largest absolute Gasteiger partial charge is 0.455 e. The number of nitrogens with zero attached hydrogens (tertiary/aromatic N) is 1. The summed E-state index contributed by atoms with van der Waals surface area (Å²) in [6, 6.07) is 0. The smallest absolute Gasteiger partial charge is 0.274 e. The average molecular weight is 141 g/mol. The van der Waals surface area contributed by atoms with Crippen molar-refractivity contribution in [3.8, 4) is 11.6 Å². The summed E-state index contributed by atoms with van der Waals surface area (Å²) in [5, 5.41) is 1.79. The molecule has 2 heterocycles. The van der Waals surface area contributed by atoms with Gasteiger partial charge in [0.15, 0.2) is 0 Å². The molecule has 0 bridgehead atoms. The number of ether oxygens (including phenoxy) is 2. The summed E-state index contributed by atoms with van der Waals surface area (Å²) in [5.41, 5.74) is 0. The number of hydrogen-bond donors (Lipinski definition) is 0. The zero-order valence-electron chi connectivity index (χ0n) is 4.40. The zero-order chi connectivity index (χ0) is 6.10. The van der Waals surface area contributed by atoms with Gasteiger partial charge in [-0.25, -0.2) is 0 Å². The second-order valence-electron chi connectivity index (χ2n) is 1.49.